The largest absolute Gasteiger partial charge is 0.496 e. The van der Waals surface area contributed by atoms with Gasteiger partial charge in [0, 0.05) is 68.5 Å². The van der Waals surface area contributed by atoms with Gasteiger partial charge in [-0.2, -0.15) is 13.2 Å². The molecule has 0 amide bonds. The average molecular weight is 788 g/mol. The molecule has 0 aliphatic rings. The number of para-hydroxylation sites is 3. The van der Waals surface area contributed by atoms with E-state index in [1.807, 2.05) is 36.4 Å². The lowest BCUT2D eigenvalue weighted by molar-refractivity contribution is -0.271. The zero-order valence-corrected chi connectivity index (χ0v) is 31.2. The van der Waals surface area contributed by atoms with Crippen LogP contribution in [0.4, 0.5) is 17.6 Å². The van der Waals surface area contributed by atoms with E-state index in [-0.39, 0.29) is 45.2 Å². The Balaban J connectivity index is 0.000000207. The number of ether oxygens (including phenoxy) is 1. The molecule has 0 spiro atoms. The Morgan fingerprint density at radius 3 is 1.93 bits per heavy atom. The molecule has 5 N–H and O–H groups in total. The van der Waals surface area contributed by atoms with Crippen LogP contribution < -0.4 is 21.0 Å². The molecule has 298 valence electrons. The predicted octanol–water partition coefficient (Wildman–Crippen LogP) is 6.85. The number of aromatic nitrogens is 3. The molecule has 7 aromatic rings. The molecular formula is C43H41F4N3O7. The van der Waals surface area contributed by atoms with E-state index in [0.717, 1.165) is 39.3 Å². The van der Waals surface area contributed by atoms with Gasteiger partial charge in [0.2, 0.25) is 0 Å². The number of pyridine rings is 3. The zero-order valence-electron chi connectivity index (χ0n) is 31.2. The molecule has 10 nitrogen and oxygen atoms in total. The number of fused-ring (bicyclic) bond motifs is 3. The maximum atomic E-state index is 14.3. The molecule has 0 aliphatic heterocycles. The van der Waals surface area contributed by atoms with Gasteiger partial charge in [-0.25, -0.2) is 4.39 Å². The third-order valence-corrected chi connectivity index (χ3v) is 9.52. The van der Waals surface area contributed by atoms with Crippen molar-refractivity contribution >= 4 is 32.7 Å². The van der Waals surface area contributed by atoms with Crippen molar-refractivity contribution in [3.8, 4) is 5.75 Å². The Bertz CT molecular complexity index is 2680. The van der Waals surface area contributed by atoms with Gasteiger partial charge >= 0.3 is 6.18 Å². The fourth-order valence-corrected chi connectivity index (χ4v) is 6.66. The molecule has 0 radical (unpaired) electrons. The Morgan fingerprint density at radius 2 is 1.32 bits per heavy atom. The minimum Gasteiger partial charge on any atom is -0.496 e. The van der Waals surface area contributed by atoms with E-state index in [1.165, 1.54) is 45.2 Å². The topological polar surface area (TPSA) is 158 Å². The minimum atomic E-state index is -5.06. The monoisotopic (exact) mass is 787 g/mol. The Kier molecular flexibility index (Phi) is 12.8. The lowest BCUT2D eigenvalue weighted by Gasteiger charge is -2.39. The third kappa shape index (κ3) is 9.31. The highest BCUT2D eigenvalue weighted by Gasteiger charge is 2.56. The van der Waals surface area contributed by atoms with E-state index in [9.17, 15) is 42.2 Å². The minimum absolute atomic E-state index is 0.0688. The second-order valence-electron chi connectivity index (χ2n) is 14.0. The number of aromatic amines is 2. The number of alkyl halides is 3. The van der Waals surface area contributed by atoms with Crippen molar-refractivity contribution in [2.24, 2.45) is 0 Å². The lowest BCUT2D eigenvalue weighted by Crippen LogP contribution is -2.52. The van der Waals surface area contributed by atoms with Crippen molar-refractivity contribution in [1.29, 1.82) is 0 Å². The van der Waals surface area contributed by atoms with Gasteiger partial charge in [0.1, 0.15) is 11.6 Å². The van der Waals surface area contributed by atoms with Gasteiger partial charge in [0.05, 0.1) is 32.4 Å². The molecule has 0 aliphatic carbocycles. The van der Waals surface area contributed by atoms with Gasteiger partial charge in [-0.05, 0) is 66.4 Å². The number of aliphatic hydroxyl groups is 3. The van der Waals surface area contributed by atoms with Crippen LogP contribution in [-0.4, -0.2) is 48.7 Å². The standard InChI is InChI=1S/C24H25F4NO4.C10H9NO2.C9H7NO/c1-22(2,18-10-16(25)8-9-20(18)33-3)13-23(32,24(26,27)28)14-29-11-15(12-30)21(31)17-6-4-5-7-19(17)29;12-6-7-5-11-9-4-2-1-3-8(9)10(7)13;11-9-5-6-10-8-4-2-1-3-7(8)9/h4-11,30,32H,12-14H2,1-3H3;1-5,12H,6H2,(H,11,13);1-6H,(H,10,11). The molecule has 0 saturated carbocycles. The molecule has 1 unspecified atom stereocenters. The molecule has 7 rings (SSSR count). The normalized spacial score (nSPS) is 12.7. The summed E-state index contributed by atoms with van der Waals surface area (Å²) in [6.45, 7) is 1.10. The lowest BCUT2D eigenvalue weighted by atomic mass is 9.74. The fourth-order valence-electron chi connectivity index (χ4n) is 6.66. The van der Waals surface area contributed by atoms with E-state index in [1.54, 1.807) is 36.7 Å². The number of methoxy groups -OCH3 is 1. The Hall–Kier alpha value is -6.09. The Labute approximate surface area is 323 Å². The average Bonchev–Trinajstić information content (AvgIpc) is 3.19. The van der Waals surface area contributed by atoms with Crippen LogP contribution in [0.1, 0.15) is 37.0 Å². The first-order valence-corrected chi connectivity index (χ1v) is 17.6. The van der Waals surface area contributed by atoms with E-state index >= 15 is 0 Å². The van der Waals surface area contributed by atoms with Crippen LogP contribution in [0.15, 0.2) is 130 Å². The number of nitrogens with one attached hydrogen (secondary N) is 2. The SMILES string of the molecule is COc1ccc(F)cc1C(C)(C)CC(O)(Cn1cc(CO)c(=O)c2ccccc21)C(F)(F)F.O=c1c(CO)c[nH]c2ccccc12.O=c1cc[nH]c2ccccc12. The summed E-state index contributed by atoms with van der Waals surface area (Å²) in [4.78, 5) is 41.2. The molecule has 0 fully saturated rings. The second-order valence-corrected chi connectivity index (χ2v) is 14.0. The van der Waals surface area contributed by atoms with Crippen LogP contribution in [0.2, 0.25) is 0 Å². The van der Waals surface area contributed by atoms with Crippen molar-refractivity contribution < 1.29 is 37.6 Å². The first-order valence-electron chi connectivity index (χ1n) is 17.6. The van der Waals surface area contributed by atoms with Crippen molar-refractivity contribution in [1.82, 2.24) is 14.5 Å². The maximum Gasteiger partial charge on any atom is 0.418 e. The summed E-state index contributed by atoms with van der Waals surface area (Å²) >= 11 is 0. The number of hydrogen-bond donors (Lipinski definition) is 5. The summed E-state index contributed by atoms with van der Waals surface area (Å²) in [6.07, 6.45) is -1.56. The van der Waals surface area contributed by atoms with Gasteiger partial charge in [-0.1, -0.05) is 50.2 Å². The highest BCUT2D eigenvalue weighted by Crippen LogP contribution is 2.44. The van der Waals surface area contributed by atoms with Gasteiger partial charge in [0.15, 0.2) is 21.9 Å². The van der Waals surface area contributed by atoms with Crippen LogP contribution in [-0.2, 0) is 25.2 Å². The number of rotatable bonds is 8. The number of halogens is 4. The van der Waals surface area contributed by atoms with Crippen LogP contribution in [0.3, 0.4) is 0 Å². The summed E-state index contributed by atoms with van der Waals surface area (Å²) in [5.74, 6) is -0.448. The quantitative estimate of drug-likeness (QED) is 0.106. The number of benzene rings is 4. The molecule has 4 aromatic carbocycles. The number of hydrogen-bond acceptors (Lipinski definition) is 7. The van der Waals surface area contributed by atoms with Gasteiger partial charge in [-0.3, -0.25) is 14.4 Å². The molecule has 3 heterocycles. The summed E-state index contributed by atoms with van der Waals surface area (Å²) in [6, 6.07) is 25.8. The zero-order chi connectivity index (χ0) is 41.5. The van der Waals surface area contributed by atoms with Crippen LogP contribution in [0, 0.1) is 5.82 Å². The second kappa shape index (κ2) is 17.4. The fraction of sp³-hybridized carbons (Fsp3) is 0.233. The molecule has 0 bridgehead atoms. The van der Waals surface area contributed by atoms with Crippen LogP contribution in [0.5, 0.6) is 5.75 Å². The smallest absolute Gasteiger partial charge is 0.418 e. The molecule has 57 heavy (non-hydrogen) atoms. The molecule has 3 aromatic heterocycles. The number of H-pyrrole nitrogens is 2. The van der Waals surface area contributed by atoms with Gasteiger partial charge in [0.25, 0.3) is 0 Å². The van der Waals surface area contributed by atoms with Gasteiger partial charge < -0.3 is 34.6 Å². The summed E-state index contributed by atoms with van der Waals surface area (Å²) < 4.78 is 63.1. The van der Waals surface area contributed by atoms with Crippen molar-refractivity contribution in [2.75, 3.05) is 7.11 Å². The summed E-state index contributed by atoms with van der Waals surface area (Å²) in [5.41, 5.74) is -2.78. The first-order chi connectivity index (χ1) is 27.0. The molecular weight excluding hydrogens is 746 g/mol. The summed E-state index contributed by atoms with van der Waals surface area (Å²) in [7, 11) is 1.33. The van der Waals surface area contributed by atoms with Crippen molar-refractivity contribution in [3.05, 3.63) is 169 Å². The van der Waals surface area contributed by atoms with Gasteiger partial charge in [-0.15, -0.1) is 0 Å². The molecule has 1 atom stereocenters. The van der Waals surface area contributed by atoms with Crippen molar-refractivity contribution in [2.45, 2.75) is 57.2 Å². The molecule has 14 heteroatoms. The van der Waals surface area contributed by atoms with E-state index in [2.05, 4.69) is 9.97 Å². The first kappa shape index (κ1) is 42.1. The van der Waals surface area contributed by atoms with Crippen LogP contribution in [0.25, 0.3) is 32.7 Å². The van der Waals surface area contributed by atoms with E-state index in [4.69, 9.17) is 9.84 Å². The predicted molar refractivity (Wildman–Crippen MR) is 211 cm³/mol. The maximum absolute atomic E-state index is 14.3. The Morgan fingerprint density at radius 1 is 0.737 bits per heavy atom. The highest BCUT2D eigenvalue weighted by atomic mass is 19.4. The van der Waals surface area contributed by atoms with E-state index < -0.39 is 48.0 Å². The highest BCUT2D eigenvalue weighted by molar-refractivity contribution is 5.80. The number of aliphatic hydroxyl groups excluding tert-OH is 2. The third-order valence-electron chi connectivity index (χ3n) is 9.52. The molecule has 0 saturated heterocycles. The van der Waals surface area contributed by atoms with Crippen LogP contribution >= 0.6 is 0 Å². The number of nitrogens with zero attached hydrogens (tertiary/aromatic N) is 1. The summed E-state index contributed by atoms with van der Waals surface area (Å²) in [5, 5.41) is 30.9. The van der Waals surface area contributed by atoms with Crippen molar-refractivity contribution in [3.63, 3.8) is 0 Å². The van der Waals surface area contributed by atoms with E-state index in [0.29, 0.717) is 10.9 Å².